The second-order valence-electron chi connectivity index (χ2n) is 2.77. The third kappa shape index (κ3) is 1.29. The number of nitrogens with one attached hydrogen (secondary N) is 1. The van der Waals surface area contributed by atoms with Crippen LogP contribution in [0.1, 0.15) is 11.1 Å². The molecule has 0 radical (unpaired) electrons. The van der Waals surface area contributed by atoms with Crippen molar-refractivity contribution in [2.45, 2.75) is 18.0 Å². The molecule has 0 bridgehead atoms. The van der Waals surface area contributed by atoms with Gasteiger partial charge in [0.1, 0.15) is 0 Å². The second-order valence-corrected chi connectivity index (χ2v) is 3.71. The minimum atomic E-state index is -2.10. The van der Waals surface area contributed by atoms with Crippen LogP contribution in [0, 0.1) is 0 Å². The number of hydrogen-bond acceptors (Lipinski definition) is 3. The highest BCUT2D eigenvalue weighted by atomic mass is 32.2. The Labute approximate surface area is 73.1 Å². The Balaban J connectivity index is 2.45. The summed E-state index contributed by atoms with van der Waals surface area (Å²) >= 11 is -2.10. The lowest BCUT2D eigenvalue weighted by atomic mass is 10.1. The largest absolute Gasteiger partial charge is 0.768 e. The first-order valence-electron chi connectivity index (χ1n) is 3.69. The molecule has 1 aromatic rings. The first-order valence-corrected chi connectivity index (χ1v) is 4.76. The summed E-state index contributed by atoms with van der Waals surface area (Å²) in [5.41, 5.74) is 2.29. The Morgan fingerprint density at radius 2 is 2.08 bits per heavy atom. The van der Waals surface area contributed by atoms with Crippen molar-refractivity contribution in [3.05, 3.63) is 29.3 Å². The summed E-state index contributed by atoms with van der Waals surface area (Å²) in [7, 11) is 0. The third-order valence-electron chi connectivity index (χ3n) is 2.00. The molecule has 0 amide bonds. The van der Waals surface area contributed by atoms with Gasteiger partial charge in [0.15, 0.2) is 0 Å². The molecule has 0 saturated heterocycles. The predicted molar refractivity (Wildman–Crippen MR) is 44.2 cm³/mol. The average Bonchev–Trinajstić information content (AvgIpc) is 2.49. The molecule has 1 N–H and O–H groups in total. The molecule has 3 nitrogen and oxygen atoms in total. The summed E-state index contributed by atoms with van der Waals surface area (Å²) < 4.78 is 21.2. The third-order valence-corrected chi connectivity index (χ3v) is 2.64. The van der Waals surface area contributed by atoms with Crippen LogP contribution in [0.5, 0.6) is 0 Å². The molecule has 0 aliphatic carbocycles. The van der Waals surface area contributed by atoms with Crippen LogP contribution < -0.4 is 5.32 Å². The first kappa shape index (κ1) is 7.91. The van der Waals surface area contributed by atoms with E-state index in [2.05, 4.69) is 5.32 Å². The van der Waals surface area contributed by atoms with Crippen molar-refractivity contribution in [1.29, 1.82) is 0 Å². The van der Waals surface area contributed by atoms with E-state index in [0.29, 0.717) is 4.90 Å². The van der Waals surface area contributed by atoms with Gasteiger partial charge in [-0.3, -0.25) is 4.21 Å². The smallest absolute Gasteiger partial charge is 0.0252 e. The molecule has 12 heavy (non-hydrogen) atoms. The highest BCUT2D eigenvalue weighted by Gasteiger charge is 2.09. The maximum atomic E-state index is 10.6. The molecule has 4 heteroatoms. The van der Waals surface area contributed by atoms with E-state index in [1.54, 1.807) is 12.1 Å². The van der Waals surface area contributed by atoms with E-state index in [-0.39, 0.29) is 0 Å². The Morgan fingerprint density at radius 3 is 2.83 bits per heavy atom. The van der Waals surface area contributed by atoms with E-state index in [9.17, 15) is 8.76 Å². The lowest BCUT2D eigenvalue weighted by molar-refractivity contribution is 0.537. The molecule has 1 heterocycles. The van der Waals surface area contributed by atoms with Crippen molar-refractivity contribution in [1.82, 2.24) is 5.32 Å². The van der Waals surface area contributed by atoms with Crippen LogP contribution in [0.2, 0.25) is 0 Å². The maximum Gasteiger partial charge on any atom is 0.0252 e. The van der Waals surface area contributed by atoms with Crippen molar-refractivity contribution < 1.29 is 8.76 Å². The van der Waals surface area contributed by atoms with Gasteiger partial charge in [-0.1, -0.05) is 6.07 Å². The molecular formula is C8H8NO2S-. The number of hydrogen-bond donors (Lipinski definition) is 1. The summed E-state index contributed by atoms with van der Waals surface area (Å²) in [4.78, 5) is 0.373. The molecule has 0 fully saturated rings. The fourth-order valence-electron chi connectivity index (χ4n) is 1.37. The van der Waals surface area contributed by atoms with Gasteiger partial charge < -0.3 is 9.87 Å². The fourth-order valence-corrected chi connectivity index (χ4v) is 1.79. The van der Waals surface area contributed by atoms with E-state index in [1.165, 1.54) is 5.56 Å². The van der Waals surface area contributed by atoms with E-state index in [4.69, 9.17) is 0 Å². The monoisotopic (exact) mass is 182 g/mol. The van der Waals surface area contributed by atoms with Crippen LogP contribution in [0.15, 0.2) is 23.1 Å². The zero-order valence-corrected chi connectivity index (χ0v) is 7.19. The van der Waals surface area contributed by atoms with Gasteiger partial charge in [0.2, 0.25) is 0 Å². The van der Waals surface area contributed by atoms with E-state index >= 15 is 0 Å². The van der Waals surface area contributed by atoms with Gasteiger partial charge in [-0.25, -0.2) is 0 Å². The van der Waals surface area contributed by atoms with Gasteiger partial charge in [-0.05, 0) is 34.3 Å². The fraction of sp³-hybridized carbons (Fsp3) is 0.250. The van der Waals surface area contributed by atoms with Crippen LogP contribution in [-0.4, -0.2) is 8.76 Å². The van der Waals surface area contributed by atoms with E-state index in [1.807, 2.05) is 6.07 Å². The SMILES string of the molecule is O=S([O-])c1ccc2c(c1)CNC2. The van der Waals surface area contributed by atoms with Crippen LogP contribution >= 0.6 is 0 Å². The van der Waals surface area contributed by atoms with Crippen molar-refractivity contribution in [2.75, 3.05) is 0 Å². The molecule has 64 valence electrons. The predicted octanol–water partition coefficient (Wildman–Crippen LogP) is 0.528. The molecule has 0 saturated carbocycles. The lowest BCUT2D eigenvalue weighted by Gasteiger charge is -2.06. The highest BCUT2D eigenvalue weighted by Crippen LogP contribution is 2.18. The Kier molecular flexibility index (Phi) is 1.96. The molecule has 0 spiro atoms. The number of rotatable bonds is 1. The van der Waals surface area contributed by atoms with Crippen LogP contribution in [0.25, 0.3) is 0 Å². The Hall–Kier alpha value is -0.710. The van der Waals surface area contributed by atoms with Crippen LogP contribution in [0.4, 0.5) is 0 Å². The van der Waals surface area contributed by atoms with Crippen molar-refractivity contribution in [2.24, 2.45) is 0 Å². The molecule has 1 atom stereocenters. The molecule has 2 rings (SSSR count). The van der Waals surface area contributed by atoms with Gasteiger partial charge >= 0.3 is 0 Å². The van der Waals surface area contributed by atoms with Crippen LogP contribution in [0.3, 0.4) is 0 Å². The molecule has 1 unspecified atom stereocenters. The highest BCUT2D eigenvalue weighted by molar-refractivity contribution is 7.79. The van der Waals surface area contributed by atoms with Gasteiger partial charge in [0.25, 0.3) is 0 Å². The Bertz CT molecular complexity index is 338. The normalized spacial score (nSPS) is 17.4. The van der Waals surface area contributed by atoms with Crippen molar-refractivity contribution >= 4 is 11.1 Å². The second kappa shape index (κ2) is 2.97. The first-order chi connectivity index (χ1) is 5.77. The summed E-state index contributed by atoms with van der Waals surface area (Å²) in [6.07, 6.45) is 0. The summed E-state index contributed by atoms with van der Waals surface area (Å²) in [6.45, 7) is 1.63. The van der Waals surface area contributed by atoms with Gasteiger partial charge in [0.05, 0.1) is 0 Å². The van der Waals surface area contributed by atoms with E-state index in [0.717, 1.165) is 18.7 Å². The minimum Gasteiger partial charge on any atom is -0.768 e. The molecule has 0 aromatic heterocycles. The molecule has 1 aliphatic rings. The summed E-state index contributed by atoms with van der Waals surface area (Å²) in [6, 6.07) is 5.22. The number of benzene rings is 1. The van der Waals surface area contributed by atoms with Gasteiger partial charge in [-0.2, -0.15) is 0 Å². The van der Waals surface area contributed by atoms with Crippen LogP contribution in [-0.2, 0) is 24.2 Å². The van der Waals surface area contributed by atoms with Gasteiger partial charge in [0, 0.05) is 18.0 Å². The lowest BCUT2D eigenvalue weighted by Crippen LogP contribution is -1.99. The molecule has 1 aromatic carbocycles. The zero-order chi connectivity index (χ0) is 8.55. The number of fused-ring (bicyclic) bond motifs is 1. The molecule has 1 aliphatic heterocycles. The van der Waals surface area contributed by atoms with Gasteiger partial charge in [-0.15, -0.1) is 0 Å². The zero-order valence-electron chi connectivity index (χ0n) is 6.37. The minimum absolute atomic E-state index is 0.373. The quantitative estimate of drug-likeness (QED) is 0.644. The van der Waals surface area contributed by atoms with Crippen molar-refractivity contribution in [3.8, 4) is 0 Å². The molecular weight excluding hydrogens is 174 g/mol. The van der Waals surface area contributed by atoms with E-state index < -0.39 is 11.1 Å². The topological polar surface area (TPSA) is 52.2 Å². The maximum absolute atomic E-state index is 10.6. The summed E-state index contributed by atoms with van der Waals surface area (Å²) in [5.74, 6) is 0. The Morgan fingerprint density at radius 1 is 1.33 bits per heavy atom. The van der Waals surface area contributed by atoms with Crippen molar-refractivity contribution in [3.63, 3.8) is 0 Å². The summed E-state index contributed by atoms with van der Waals surface area (Å²) in [5, 5.41) is 3.15. The standard InChI is InChI=1S/C8H9NO2S/c10-12(11)8-2-1-6-4-9-5-7(6)3-8/h1-3,9H,4-5H2,(H,10,11)/p-1. The average molecular weight is 182 g/mol.